The predicted octanol–water partition coefficient (Wildman–Crippen LogP) is 2.09. The highest BCUT2D eigenvalue weighted by molar-refractivity contribution is 4.78. The van der Waals surface area contributed by atoms with Gasteiger partial charge in [-0.25, -0.2) is 0 Å². The van der Waals surface area contributed by atoms with Crippen molar-refractivity contribution in [2.24, 2.45) is 17.6 Å². The molecule has 0 amide bonds. The highest BCUT2D eigenvalue weighted by Gasteiger charge is 2.24. The zero-order chi connectivity index (χ0) is 10.4. The maximum Gasteiger partial charge on any atom is 0.00243 e. The van der Waals surface area contributed by atoms with E-state index in [2.05, 4.69) is 18.7 Å². The Morgan fingerprint density at radius 2 is 2.14 bits per heavy atom. The fraction of sp³-hybridized carbons (Fsp3) is 1.00. The molecule has 1 aliphatic heterocycles. The van der Waals surface area contributed by atoms with E-state index in [1.807, 2.05) is 0 Å². The first-order chi connectivity index (χ1) is 6.77. The molecule has 1 fully saturated rings. The van der Waals surface area contributed by atoms with Crippen molar-refractivity contribution in [1.82, 2.24) is 4.90 Å². The van der Waals surface area contributed by atoms with Gasteiger partial charge in [0.05, 0.1) is 0 Å². The molecule has 84 valence electrons. The Bertz CT molecular complexity index is 147. The third-order valence-corrected chi connectivity index (χ3v) is 3.58. The molecule has 2 heteroatoms. The van der Waals surface area contributed by atoms with Crippen molar-refractivity contribution in [3.8, 4) is 0 Å². The van der Waals surface area contributed by atoms with Gasteiger partial charge in [-0.05, 0) is 44.3 Å². The summed E-state index contributed by atoms with van der Waals surface area (Å²) in [5.74, 6) is 1.58. The molecule has 2 unspecified atom stereocenters. The van der Waals surface area contributed by atoms with Crippen molar-refractivity contribution in [2.75, 3.05) is 26.2 Å². The summed E-state index contributed by atoms with van der Waals surface area (Å²) >= 11 is 0. The average molecular weight is 198 g/mol. The van der Waals surface area contributed by atoms with Crippen LogP contribution < -0.4 is 5.73 Å². The van der Waals surface area contributed by atoms with Crippen LogP contribution in [0.3, 0.4) is 0 Å². The molecule has 0 aromatic rings. The monoisotopic (exact) mass is 198 g/mol. The molecule has 2 N–H and O–H groups in total. The second-order valence-electron chi connectivity index (χ2n) is 4.77. The predicted molar refractivity (Wildman–Crippen MR) is 62.3 cm³/mol. The van der Waals surface area contributed by atoms with Gasteiger partial charge in [-0.1, -0.05) is 26.7 Å². The molecule has 0 saturated carbocycles. The Balaban J connectivity index is 2.21. The molecule has 1 rings (SSSR count). The minimum Gasteiger partial charge on any atom is -0.330 e. The van der Waals surface area contributed by atoms with Crippen LogP contribution in [-0.2, 0) is 0 Å². The SMILES string of the molecule is CCCCCN1CCC(C)C(CN)C1. The number of piperidine rings is 1. The smallest absolute Gasteiger partial charge is 0.00243 e. The molecule has 1 aliphatic rings. The average Bonchev–Trinajstić information content (AvgIpc) is 2.21. The number of unbranched alkanes of at least 4 members (excludes halogenated alkanes) is 2. The molecule has 1 saturated heterocycles. The van der Waals surface area contributed by atoms with E-state index in [9.17, 15) is 0 Å². The number of rotatable bonds is 5. The van der Waals surface area contributed by atoms with Crippen molar-refractivity contribution in [3.63, 3.8) is 0 Å². The maximum atomic E-state index is 5.78. The molecule has 0 aromatic heterocycles. The van der Waals surface area contributed by atoms with Gasteiger partial charge in [-0.3, -0.25) is 0 Å². The number of likely N-dealkylation sites (tertiary alicyclic amines) is 1. The van der Waals surface area contributed by atoms with Crippen LogP contribution in [-0.4, -0.2) is 31.1 Å². The molecule has 1 heterocycles. The summed E-state index contributed by atoms with van der Waals surface area (Å²) in [4.78, 5) is 2.60. The van der Waals surface area contributed by atoms with Gasteiger partial charge in [-0.2, -0.15) is 0 Å². The summed E-state index contributed by atoms with van der Waals surface area (Å²) in [6.07, 6.45) is 5.40. The molecule has 2 nitrogen and oxygen atoms in total. The Morgan fingerprint density at radius 3 is 2.79 bits per heavy atom. The van der Waals surface area contributed by atoms with Gasteiger partial charge < -0.3 is 10.6 Å². The second-order valence-corrected chi connectivity index (χ2v) is 4.77. The highest BCUT2D eigenvalue weighted by Crippen LogP contribution is 2.22. The zero-order valence-corrected chi connectivity index (χ0v) is 9.84. The summed E-state index contributed by atoms with van der Waals surface area (Å²) in [5.41, 5.74) is 5.78. The fourth-order valence-electron chi connectivity index (χ4n) is 2.32. The van der Waals surface area contributed by atoms with Crippen LogP contribution in [0.1, 0.15) is 39.5 Å². The van der Waals surface area contributed by atoms with Crippen LogP contribution >= 0.6 is 0 Å². The van der Waals surface area contributed by atoms with E-state index >= 15 is 0 Å². The maximum absolute atomic E-state index is 5.78. The molecule has 0 bridgehead atoms. The van der Waals surface area contributed by atoms with Gasteiger partial charge in [0, 0.05) is 6.54 Å². The summed E-state index contributed by atoms with van der Waals surface area (Å²) < 4.78 is 0. The summed E-state index contributed by atoms with van der Waals surface area (Å²) in [7, 11) is 0. The minimum absolute atomic E-state index is 0.741. The van der Waals surface area contributed by atoms with Gasteiger partial charge in [0.15, 0.2) is 0 Å². The van der Waals surface area contributed by atoms with Crippen LogP contribution in [0.25, 0.3) is 0 Å². The molecular weight excluding hydrogens is 172 g/mol. The van der Waals surface area contributed by atoms with Crippen molar-refractivity contribution >= 4 is 0 Å². The van der Waals surface area contributed by atoms with Crippen molar-refractivity contribution in [2.45, 2.75) is 39.5 Å². The molecule has 14 heavy (non-hydrogen) atoms. The quantitative estimate of drug-likeness (QED) is 0.685. The first-order valence-electron chi connectivity index (χ1n) is 6.20. The number of hydrogen-bond donors (Lipinski definition) is 1. The van der Waals surface area contributed by atoms with E-state index in [0.29, 0.717) is 0 Å². The van der Waals surface area contributed by atoms with Crippen LogP contribution in [0.15, 0.2) is 0 Å². The number of hydrogen-bond acceptors (Lipinski definition) is 2. The standard InChI is InChI=1S/C12H26N2/c1-3-4-5-7-14-8-6-11(2)12(9-13)10-14/h11-12H,3-10,13H2,1-2H3. The summed E-state index contributed by atoms with van der Waals surface area (Å²) in [5, 5.41) is 0. The highest BCUT2D eigenvalue weighted by atomic mass is 15.1. The van der Waals surface area contributed by atoms with Gasteiger partial charge in [-0.15, -0.1) is 0 Å². The lowest BCUT2D eigenvalue weighted by Gasteiger charge is -2.36. The van der Waals surface area contributed by atoms with E-state index in [1.165, 1.54) is 45.3 Å². The Labute approximate surface area is 88.8 Å². The van der Waals surface area contributed by atoms with E-state index in [-0.39, 0.29) is 0 Å². The van der Waals surface area contributed by atoms with Gasteiger partial charge in [0.2, 0.25) is 0 Å². The number of nitrogens with zero attached hydrogens (tertiary/aromatic N) is 1. The van der Waals surface area contributed by atoms with Gasteiger partial charge in [0.1, 0.15) is 0 Å². The van der Waals surface area contributed by atoms with Crippen molar-refractivity contribution in [3.05, 3.63) is 0 Å². The van der Waals surface area contributed by atoms with E-state index < -0.39 is 0 Å². The number of nitrogens with two attached hydrogens (primary N) is 1. The third-order valence-electron chi connectivity index (χ3n) is 3.58. The topological polar surface area (TPSA) is 29.3 Å². The molecule has 0 radical (unpaired) electrons. The lowest BCUT2D eigenvalue weighted by atomic mass is 9.87. The van der Waals surface area contributed by atoms with E-state index in [0.717, 1.165) is 18.4 Å². The second kappa shape index (κ2) is 6.41. The Morgan fingerprint density at radius 1 is 1.36 bits per heavy atom. The first kappa shape index (κ1) is 12.0. The fourth-order valence-corrected chi connectivity index (χ4v) is 2.32. The zero-order valence-electron chi connectivity index (χ0n) is 9.84. The third kappa shape index (κ3) is 3.58. The molecule has 0 aromatic carbocycles. The lowest BCUT2D eigenvalue weighted by Crippen LogP contribution is -2.42. The van der Waals surface area contributed by atoms with Crippen LogP contribution in [0.2, 0.25) is 0 Å². The van der Waals surface area contributed by atoms with Crippen LogP contribution in [0.4, 0.5) is 0 Å². The normalized spacial score (nSPS) is 29.4. The largest absolute Gasteiger partial charge is 0.330 e. The van der Waals surface area contributed by atoms with Crippen molar-refractivity contribution in [1.29, 1.82) is 0 Å². The van der Waals surface area contributed by atoms with Crippen molar-refractivity contribution < 1.29 is 0 Å². The molecular formula is C12H26N2. The van der Waals surface area contributed by atoms with Crippen LogP contribution in [0, 0.1) is 11.8 Å². The molecule has 2 atom stereocenters. The van der Waals surface area contributed by atoms with Gasteiger partial charge in [0.25, 0.3) is 0 Å². The van der Waals surface area contributed by atoms with E-state index in [1.54, 1.807) is 0 Å². The van der Waals surface area contributed by atoms with Gasteiger partial charge >= 0.3 is 0 Å². The minimum atomic E-state index is 0.741. The van der Waals surface area contributed by atoms with Crippen LogP contribution in [0.5, 0.6) is 0 Å². The lowest BCUT2D eigenvalue weighted by molar-refractivity contribution is 0.130. The molecule has 0 spiro atoms. The first-order valence-corrected chi connectivity index (χ1v) is 6.20. The van der Waals surface area contributed by atoms with E-state index in [4.69, 9.17) is 5.73 Å². The Hall–Kier alpha value is -0.0800. The summed E-state index contributed by atoms with van der Waals surface area (Å²) in [6, 6.07) is 0. The Kier molecular flexibility index (Phi) is 5.49. The molecule has 0 aliphatic carbocycles. The summed E-state index contributed by atoms with van der Waals surface area (Å²) in [6.45, 7) is 9.30.